The van der Waals surface area contributed by atoms with Gasteiger partial charge in [-0.1, -0.05) is 78.9 Å². The molecule has 3 heterocycles. The average molecular weight is 527 g/mol. The molecular formula is C37H26N4. The molecule has 0 fully saturated rings. The Bertz CT molecular complexity index is 2280. The smallest absolute Gasteiger partial charge is 0.220 e. The van der Waals surface area contributed by atoms with Crippen LogP contribution in [0.3, 0.4) is 0 Å². The second-order valence-electron chi connectivity index (χ2n) is 10.9. The van der Waals surface area contributed by atoms with Gasteiger partial charge in [0.05, 0.1) is 33.5 Å². The van der Waals surface area contributed by atoms with Gasteiger partial charge in [0.25, 0.3) is 0 Å². The van der Waals surface area contributed by atoms with Gasteiger partial charge in [-0.2, -0.15) is 0 Å². The van der Waals surface area contributed by atoms with Crippen molar-refractivity contribution in [3.8, 4) is 11.4 Å². The number of imidazole rings is 2. The van der Waals surface area contributed by atoms with Gasteiger partial charge in [-0.05, 0) is 66.2 Å². The molecule has 0 spiro atoms. The first-order valence-electron chi connectivity index (χ1n) is 14.2. The molecule has 0 saturated heterocycles. The zero-order valence-corrected chi connectivity index (χ0v) is 22.4. The van der Waals surface area contributed by atoms with Crippen molar-refractivity contribution in [2.24, 2.45) is 0 Å². The van der Waals surface area contributed by atoms with Crippen LogP contribution in [0.25, 0.3) is 56.1 Å². The number of benzene rings is 5. The summed E-state index contributed by atoms with van der Waals surface area (Å²) in [6.45, 7) is 0. The summed E-state index contributed by atoms with van der Waals surface area (Å²) in [7, 11) is 0. The van der Waals surface area contributed by atoms with Gasteiger partial charge in [-0.25, -0.2) is 4.98 Å². The van der Waals surface area contributed by atoms with Gasteiger partial charge in [0, 0.05) is 34.5 Å². The van der Waals surface area contributed by atoms with Crippen molar-refractivity contribution in [3.63, 3.8) is 0 Å². The summed E-state index contributed by atoms with van der Waals surface area (Å²) in [5.74, 6) is 1.23. The summed E-state index contributed by atoms with van der Waals surface area (Å²) in [4.78, 5) is 5.27. The molecule has 8 aromatic rings. The number of hydrogen-bond acceptors (Lipinski definition) is 1. The predicted octanol–water partition coefficient (Wildman–Crippen LogP) is 8.73. The Labute approximate surface area is 237 Å². The minimum Gasteiger partial charge on any atom is -0.309 e. The average Bonchev–Trinajstić information content (AvgIpc) is 3.68. The van der Waals surface area contributed by atoms with E-state index in [0.29, 0.717) is 0 Å². The molecule has 5 aromatic carbocycles. The SMILES string of the molecule is C1=CC(c2ccc3c(c2)c2ccccc2n3-c2ccccc2)Cc2nc3n(-c4ccccc4)c4ccccc4n3c21. The lowest BCUT2D eigenvalue weighted by Gasteiger charge is -2.17. The van der Waals surface area contributed by atoms with Gasteiger partial charge in [0.2, 0.25) is 5.78 Å². The Morgan fingerprint density at radius 1 is 0.561 bits per heavy atom. The molecule has 41 heavy (non-hydrogen) atoms. The summed E-state index contributed by atoms with van der Waals surface area (Å²) in [5, 5.41) is 2.57. The fourth-order valence-corrected chi connectivity index (χ4v) is 6.74. The summed E-state index contributed by atoms with van der Waals surface area (Å²) in [5.41, 5.74) is 10.8. The number of aromatic nitrogens is 4. The number of para-hydroxylation sites is 5. The van der Waals surface area contributed by atoms with E-state index in [1.54, 1.807) is 0 Å². The van der Waals surface area contributed by atoms with Crippen LogP contribution in [0.15, 0.2) is 133 Å². The third-order valence-electron chi connectivity index (χ3n) is 8.59. The molecule has 1 unspecified atom stereocenters. The molecule has 1 atom stereocenters. The number of rotatable bonds is 3. The van der Waals surface area contributed by atoms with Crippen molar-refractivity contribution in [1.29, 1.82) is 0 Å². The first-order chi connectivity index (χ1) is 20.3. The largest absolute Gasteiger partial charge is 0.309 e. The normalized spacial score (nSPS) is 14.9. The molecule has 3 aromatic heterocycles. The molecule has 1 aliphatic carbocycles. The van der Waals surface area contributed by atoms with Gasteiger partial charge < -0.3 is 4.57 Å². The first kappa shape index (κ1) is 22.5. The van der Waals surface area contributed by atoms with E-state index in [2.05, 4.69) is 153 Å². The van der Waals surface area contributed by atoms with Crippen molar-refractivity contribution in [2.45, 2.75) is 12.3 Å². The molecule has 0 radical (unpaired) electrons. The molecule has 1 aliphatic rings. The molecule has 4 heteroatoms. The van der Waals surface area contributed by atoms with Crippen LogP contribution in [0.1, 0.15) is 22.9 Å². The maximum absolute atomic E-state index is 5.27. The highest BCUT2D eigenvalue weighted by Gasteiger charge is 2.25. The van der Waals surface area contributed by atoms with Crippen molar-refractivity contribution >= 4 is 44.7 Å². The Morgan fingerprint density at radius 3 is 1.98 bits per heavy atom. The summed E-state index contributed by atoms with van der Waals surface area (Å²) in [6, 6.07) is 45.5. The van der Waals surface area contributed by atoms with Crippen LogP contribution in [-0.4, -0.2) is 18.5 Å². The van der Waals surface area contributed by atoms with Gasteiger partial charge in [0.15, 0.2) is 0 Å². The quantitative estimate of drug-likeness (QED) is 0.226. The number of hydrogen-bond donors (Lipinski definition) is 0. The monoisotopic (exact) mass is 526 g/mol. The third-order valence-corrected chi connectivity index (χ3v) is 8.59. The predicted molar refractivity (Wildman–Crippen MR) is 168 cm³/mol. The molecule has 0 N–H and O–H groups in total. The Balaban J connectivity index is 1.18. The van der Waals surface area contributed by atoms with Crippen LogP contribution in [0.4, 0.5) is 0 Å². The van der Waals surface area contributed by atoms with Crippen molar-refractivity contribution in [1.82, 2.24) is 18.5 Å². The molecule has 0 amide bonds. The second kappa shape index (κ2) is 8.57. The van der Waals surface area contributed by atoms with Crippen LogP contribution in [0, 0.1) is 0 Å². The van der Waals surface area contributed by atoms with E-state index < -0.39 is 0 Å². The van der Waals surface area contributed by atoms with Crippen LogP contribution in [0.2, 0.25) is 0 Å². The second-order valence-corrected chi connectivity index (χ2v) is 10.9. The van der Waals surface area contributed by atoms with E-state index in [-0.39, 0.29) is 5.92 Å². The first-order valence-corrected chi connectivity index (χ1v) is 14.2. The maximum Gasteiger partial charge on any atom is 0.220 e. The standard InChI is InChI=1S/C37H26N4/c1-3-11-27(12-4-1)39-32-16-8-7-15-29(32)30-23-25(19-21-33(30)39)26-20-22-34-31(24-26)38-37-40(28-13-5-2-6-14-28)35-17-9-10-18-36(35)41(34)37/h1-23,26H,24H2. The minimum absolute atomic E-state index is 0.266. The highest BCUT2D eigenvalue weighted by atomic mass is 15.2. The fourth-order valence-electron chi connectivity index (χ4n) is 6.74. The molecular weight excluding hydrogens is 500 g/mol. The van der Waals surface area contributed by atoms with E-state index in [9.17, 15) is 0 Å². The molecule has 0 saturated carbocycles. The highest BCUT2D eigenvalue weighted by Crippen LogP contribution is 2.38. The number of fused-ring (bicyclic) bond motifs is 8. The van der Waals surface area contributed by atoms with E-state index in [0.717, 1.165) is 23.6 Å². The van der Waals surface area contributed by atoms with Crippen LogP contribution in [-0.2, 0) is 6.42 Å². The van der Waals surface area contributed by atoms with Crippen LogP contribution < -0.4 is 0 Å². The molecule has 194 valence electrons. The van der Waals surface area contributed by atoms with Gasteiger partial charge in [-0.3, -0.25) is 8.97 Å². The number of allylic oxidation sites excluding steroid dienone is 1. The van der Waals surface area contributed by atoms with Crippen molar-refractivity contribution in [2.75, 3.05) is 0 Å². The lowest BCUT2D eigenvalue weighted by molar-refractivity contribution is 0.806. The Morgan fingerprint density at radius 2 is 1.20 bits per heavy atom. The summed E-state index contributed by atoms with van der Waals surface area (Å²) < 4.78 is 6.97. The van der Waals surface area contributed by atoms with Crippen LogP contribution in [0.5, 0.6) is 0 Å². The lowest BCUT2D eigenvalue weighted by Crippen LogP contribution is -2.06. The van der Waals surface area contributed by atoms with Gasteiger partial charge in [0.1, 0.15) is 0 Å². The highest BCUT2D eigenvalue weighted by molar-refractivity contribution is 6.09. The van der Waals surface area contributed by atoms with Gasteiger partial charge in [-0.15, -0.1) is 0 Å². The fraction of sp³-hybridized carbons (Fsp3) is 0.0541. The molecule has 4 nitrogen and oxygen atoms in total. The van der Waals surface area contributed by atoms with Crippen molar-refractivity contribution < 1.29 is 0 Å². The molecule has 9 rings (SSSR count). The van der Waals surface area contributed by atoms with Crippen LogP contribution >= 0.6 is 0 Å². The Kier molecular flexibility index (Phi) is 4.70. The molecule has 0 bridgehead atoms. The summed E-state index contributed by atoms with van der Waals surface area (Å²) >= 11 is 0. The van der Waals surface area contributed by atoms with Crippen molar-refractivity contribution in [3.05, 3.63) is 150 Å². The van der Waals surface area contributed by atoms with E-state index in [1.807, 2.05) is 0 Å². The molecule has 0 aliphatic heterocycles. The Hall–Kier alpha value is -5.35. The van der Waals surface area contributed by atoms with E-state index in [4.69, 9.17) is 4.98 Å². The topological polar surface area (TPSA) is 27.2 Å². The zero-order valence-electron chi connectivity index (χ0n) is 22.4. The third kappa shape index (κ3) is 3.25. The number of nitrogens with zero attached hydrogens (tertiary/aromatic N) is 4. The lowest BCUT2D eigenvalue weighted by atomic mass is 9.89. The summed E-state index contributed by atoms with van der Waals surface area (Å²) in [6.07, 6.45) is 5.52. The van der Waals surface area contributed by atoms with E-state index in [1.165, 1.54) is 49.8 Å². The minimum atomic E-state index is 0.266. The van der Waals surface area contributed by atoms with E-state index >= 15 is 0 Å². The van der Waals surface area contributed by atoms with Gasteiger partial charge >= 0.3 is 0 Å². The maximum atomic E-state index is 5.27. The zero-order chi connectivity index (χ0) is 26.9.